The van der Waals surface area contributed by atoms with Crippen LogP contribution in [0.4, 0.5) is 0 Å². The fourth-order valence-electron chi connectivity index (χ4n) is 4.48. The minimum Gasteiger partial charge on any atom is -0.373 e. The van der Waals surface area contributed by atoms with E-state index in [9.17, 15) is 4.79 Å². The summed E-state index contributed by atoms with van der Waals surface area (Å²) >= 11 is 0. The molecule has 0 saturated heterocycles. The molecule has 0 aromatic rings. The highest BCUT2D eigenvalue weighted by atomic mass is 16.5. The van der Waals surface area contributed by atoms with Crippen LogP contribution in [0.1, 0.15) is 119 Å². The van der Waals surface area contributed by atoms with Crippen molar-refractivity contribution < 1.29 is 9.53 Å². The van der Waals surface area contributed by atoms with Crippen molar-refractivity contribution >= 4 is 5.94 Å². The largest absolute Gasteiger partial charge is 0.373 e. The van der Waals surface area contributed by atoms with Crippen LogP contribution in [0.15, 0.2) is 52.2 Å². The van der Waals surface area contributed by atoms with Gasteiger partial charge in [0, 0.05) is 18.1 Å². The van der Waals surface area contributed by atoms with Gasteiger partial charge >= 0.3 is 0 Å². The van der Waals surface area contributed by atoms with Gasteiger partial charge in [0.05, 0.1) is 6.10 Å². The Balaban J connectivity index is 2.34. The minimum atomic E-state index is 0.272. The van der Waals surface area contributed by atoms with Crippen molar-refractivity contribution in [3.63, 3.8) is 0 Å². The van der Waals surface area contributed by atoms with Crippen molar-refractivity contribution in [3.05, 3.63) is 52.2 Å². The molecule has 0 saturated carbocycles. The number of carbonyl (C=O) groups excluding carboxylic acids is 1. The number of unbranched alkanes of at least 4 members (excludes halogenated alkanes) is 1. The average molecular weight is 469 g/mol. The summed E-state index contributed by atoms with van der Waals surface area (Å²) in [6, 6.07) is 0. The van der Waals surface area contributed by atoms with Crippen LogP contribution in [-0.2, 0) is 9.53 Å². The normalized spacial score (nSPS) is 20.0. The molecule has 0 radical (unpaired) electrons. The molecule has 2 nitrogen and oxygen atoms in total. The molecule has 34 heavy (non-hydrogen) atoms. The first-order valence-corrected chi connectivity index (χ1v) is 13.8. The molecule has 0 aliphatic heterocycles. The molecule has 2 heteroatoms. The molecule has 0 aromatic heterocycles. The van der Waals surface area contributed by atoms with E-state index >= 15 is 0 Å². The first-order chi connectivity index (χ1) is 16.3. The Morgan fingerprint density at radius 3 is 2.35 bits per heavy atom. The van der Waals surface area contributed by atoms with Gasteiger partial charge in [0.2, 0.25) is 0 Å². The Hall–Kier alpha value is -1.63. The second-order valence-electron chi connectivity index (χ2n) is 10.7. The first kappa shape index (κ1) is 30.4. The van der Waals surface area contributed by atoms with E-state index in [1.807, 2.05) is 12.9 Å². The molecular formula is C32H52O2. The summed E-state index contributed by atoms with van der Waals surface area (Å²) in [5, 5.41) is 0. The van der Waals surface area contributed by atoms with E-state index in [1.165, 1.54) is 60.8 Å². The lowest BCUT2D eigenvalue weighted by Gasteiger charge is -2.31. The average Bonchev–Trinajstić information content (AvgIpc) is 2.81. The molecule has 0 N–H and O–H groups in total. The quantitative estimate of drug-likeness (QED) is 0.121. The van der Waals surface area contributed by atoms with Crippen LogP contribution in [0.5, 0.6) is 0 Å². The van der Waals surface area contributed by atoms with Crippen molar-refractivity contribution in [2.24, 2.45) is 11.8 Å². The Kier molecular flexibility index (Phi) is 15.9. The monoisotopic (exact) mass is 468 g/mol. The summed E-state index contributed by atoms with van der Waals surface area (Å²) in [7, 11) is 0. The van der Waals surface area contributed by atoms with Gasteiger partial charge in [-0.3, -0.25) is 0 Å². The third-order valence-corrected chi connectivity index (χ3v) is 7.30. The van der Waals surface area contributed by atoms with Crippen LogP contribution in [0, 0.1) is 11.8 Å². The fourth-order valence-corrected chi connectivity index (χ4v) is 4.48. The minimum absolute atomic E-state index is 0.272. The van der Waals surface area contributed by atoms with Gasteiger partial charge < -0.3 is 4.74 Å². The van der Waals surface area contributed by atoms with Gasteiger partial charge in [-0.25, -0.2) is 4.79 Å². The zero-order valence-corrected chi connectivity index (χ0v) is 23.3. The van der Waals surface area contributed by atoms with Crippen LogP contribution in [-0.4, -0.2) is 18.7 Å². The van der Waals surface area contributed by atoms with Gasteiger partial charge in [-0.2, -0.15) is 0 Å². The van der Waals surface area contributed by atoms with E-state index in [2.05, 4.69) is 65.8 Å². The SMILES string of the molecule is CCCCOC1C(CCC(C)CC/C=C(\C)CCC/C(C)=C/CCC(C)=C=O)=CC=C(C)C1C. The number of ether oxygens (including phenoxy) is 1. The van der Waals surface area contributed by atoms with Gasteiger partial charge in [0.25, 0.3) is 0 Å². The van der Waals surface area contributed by atoms with E-state index in [4.69, 9.17) is 4.74 Å². The Morgan fingerprint density at radius 1 is 1.03 bits per heavy atom. The first-order valence-electron chi connectivity index (χ1n) is 13.8. The van der Waals surface area contributed by atoms with Gasteiger partial charge in [0.1, 0.15) is 5.94 Å². The summed E-state index contributed by atoms with van der Waals surface area (Å²) in [6.45, 7) is 16.4. The number of rotatable bonds is 17. The maximum Gasteiger partial charge on any atom is 0.123 e. The molecule has 0 fully saturated rings. The molecule has 0 bridgehead atoms. The van der Waals surface area contributed by atoms with E-state index in [1.54, 1.807) is 0 Å². The Labute approximate surface area is 211 Å². The number of hydrogen-bond donors (Lipinski definition) is 0. The molecule has 1 rings (SSSR count). The second kappa shape index (κ2) is 17.8. The smallest absolute Gasteiger partial charge is 0.123 e. The van der Waals surface area contributed by atoms with E-state index in [-0.39, 0.29) is 6.10 Å². The molecule has 0 spiro atoms. The maximum absolute atomic E-state index is 10.5. The standard InChI is InChI=1S/C32H52O2/c1-8-9-23-34-32-30(7)29(6)20-22-31(32)21-19-27(4)17-11-15-25(2)13-10-14-26(3)16-12-18-28(5)24-33/h15-16,20,22,27,30,32H,8-14,17-19,21,23H2,1-7H3/b25-15+,26-16+. The van der Waals surface area contributed by atoms with Crippen LogP contribution >= 0.6 is 0 Å². The highest BCUT2D eigenvalue weighted by Gasteiger charge is 2.25. The van der Waals surface area contributed by atoms with Gasteiger partial charge in [-0.1, -0.05) is 68.2 Å². The molecule has 3 atom stereocenters. The highest BCUT2D eigenvalue weighted by molar-refractivity contribution is 5.51. The maximum atomic E-state index is 10.5. The summed E-state index contributed by atoms with van der Waals surface area (Å²) in [5.74, 6) is 3.21. The fraction of sp³-hybridized carbons (Fsp3) is 0.688. The zero-order chi connectivity index (χ0) is 25.3. The van der Waals surface area contributed by atoms with Crippen molar-refractivity contribution in [2.45, 2.75) is 125 Å². The van der Waals surface area contributed by atoms with Crippen LogP contribution in [0.25, 0.3) is 0 Å². The lowest BCUT2D eigenvalue weighted by molar-refractivity contribution is 0.0461. The predicted octanol–water partition coefficient (Wildman–Crippen LogP) is 9.51. The molecular weight excluding hydrogens is 416 g/mol. The van der Waals surface area contributed by atoms with Gasteiger partial charge in [0.15, 0.2) is 0 Å². The molecule has 1 aliphatic rings. The summed E-state index contributed by atoms with van der Waals surface area (Å²) in [6.07, 6.45) is 22.2. The van der Waals surface area contributed by atoms with Gasteiger partial charge in [-0.15, -0.1) is 0 Å². The molecule has 0 amide bonds. The van der Waals surface area contributed by atoms with Crippen molar-refractivity contribution in [2.75, 3.05) is 6.61 Å². The third-order valence-electron chi connectivity index (χ3n) is 7.30. The zero-order valence-electron chi connectivity index (χ0n) is 23.3. The van der Waals surface area contributed by atoms with Crippen molar-refractivity contribution in [1.82, 2.24) is 0 Å². The van der Waals surface area contributed by atoms with Crippen LogP contribution in [0.2, 0.25) is 0 Å². The van der Waals surface area contributed by atoms with Crippen molar-refractivity contribution in [3.8, 4) is 0 Å². The van der Waals surface area contributed by atoms with Gasteiger partial charge in [-0.05, 0) is 103 Å². The molecule has 3 unspecified atom stereocenters. The van der Waals surface area contributed by atoms with Crippen LogP contribution < -0.4 is 0 Å². The number of allylic oxidation sites excluding steroid dienone is 7. The Bertz CT molecular complexity index is 758. The van der Waals surface area contributed by atoms with E-state index in [0.29, 0.717) is 5.92 Å². The summed E-state index contributed by atoms with van der Waals surface area (Å²) < 4.78 is 6.32. The highest BCUT2D eigenvalue weighted by Crippen LogP contribution is 2.32. The molecule has 0 heterocycles. The lowest BCUT2D eigenvalue weighted by atomic mass is 9.83. The molecule has 192 valence electrons. The Morgan fingerprint density at radius 2 is 1.71 bits per heavy atom. The summed E-state index contributed by atoms with van der Waals surface area (Å²) in [5.41, 5.74) is 6.71. The van der Waals surface area contributed by atoms with E-state index in [0.717, 1.165) is 50.2 Å². The molecule has 1 aliphatic carbocycles. The van der Waals surface area contributed by atoms with E-state index < -0.39 is 0 Å². The molecule has 0 aromatic carbocycles. The third kappa shape index (κ3) is 12.7. The second-order valence-corrected chi connectivity index (χ2v) is 10.7. The van der Waals surface area contributed by atoms with Crippen molar-refractivity contribution in [1.29, 1.82) is 0 Å². The number of hydrogen-bond acceptors (Lipinski definition) is 2. The van der Waals surface area contributed by atoms with Crippen LogP contribution in [0.3, 0.4) is 0 Å². The summed E-state index contributed by atoms with van der Waals surface area (Å²) in [4.78, 5) is 10.5. The lowest BCUT2D eigenvalue weighted by Crippen LogP contribution is -2.28. The predicted molar refractivity (Wildman–Crippen MR) is 149 cm³/mol. The topological polar surface area (TPSA) is 26.3 Å².